The number of anilines is 1. The van der Waals surface area contributed by atoms with Crippen LogP contribution in [-0.4, -0.2) is 20.7 Å². The highest BCUT2D eigenvalue weighted by molar-refractivity contribution is 6.03. The van der Waals surface area contributed by atoms with Gasteiger partial charge in [-0.3, -0.25) is 14.5 Å². The molecule has 1 aromatic carbocycles. The van der Waals surface area contributed by atoms with Crippen molar-refractivity contribution in [3.8, 4) is 0 Å². The standard InChI is InChI=1S/C18H18N4O/c1-13-17(20-18(23)16-10-6-7-11-19-16)14(2)22(21-13)12-15-8-4-3-5-9-15/h3-11H,12H2,1-2H3,(H,20,23). The SMILES string of the molecule is Cc1nn(Cc2ccccc2)c(C)c1NC(=O)c1ccccn1. The number of nitrogens with one attached hydrogen (secondary N) is 1. The first-order valence-corrected chi connectivity index (χ1v) is 7.45. The van der Waals surface area contributed by atoms with Crippen LogP contribution >= 0.6 is 0 Å². The number of nitrogens with zero attached hydrogens (tertiary/aromatic N) is 3. The second-order valence-corrected chi connectivity index (χ2v) is 5.36. The molecule has 1 amide bonds. The highest BCUT2D eigenvalue weighted by Crippen LogP contribution is 2.21. The van der Waals surface area contributed by atoms with Gasteiger partial charge in [-0.15, -0.1) is 0 Å². The number of pyridine rings is 1. The lowest BCUT2D eigenvalue weighted by molar-refractivity contribution is 0.102. The summed E-state index contributed by atoms with van der Waals surface area (Å²) < 4.78 is 1.90. The number of hydrogen-bond donors (Lipinski definition) is 1. The van der Waals surface area contributed by atoms with Gasteiger partial charge in [-0.05, 0) is 31.5 Å². The molecule has 1 N–H and O–H groups in total. The Hall–Kier alpha value is -2.95. The molecule has 0 fully saturated rings. The van der Waals surface area contributed by atoms with E-state index in [0.717, 1.165) is 17.1 Å². The van der Waals surface area contributed by atoms with Gasteiger partial charge in [0.05, 0.1) is 23.6 Å². The van der Waals surface area contributed by atoms with E-state index in [-0.39, 0.29) is 5.91 Å². The van der Waals surface area contributed by atoms with Crippen molar-refractivity contribution in [2.75, 3.05) is 5.32 Å². The molecule has 3 rings (SSSR count). The zero-order valence-electron chi connectivity index (χ0n) is 13.2. The van der Waals surface area contributed by atoms with Crippen molar-refractivity contribution < 1.29 is 4.79 Å². The van der Waals surface area contributed by atoms with Gasteiger partial charge in [-0.1, -0.05) is 36.4 Å². The van der Waals surface area contributed by atoms with E-state index in [2.05, 4.69) is 27.5 Å². The first-order valence-electron chi connectivity index (χ1n) is 7.45. The number of hydrogen-bond acceptors (Lipinski definition) is 3. The van der Waals surface area contributed by atoms with E-state index in [9.17, 15) is 4.79 Å². The summed E-state index contributed by atoms with van der Waals surface area (Å²) in [4.78, 5) is 16.3. The summed E-state index contributed by atoms with van der Waals surface area (Å²) in [5.74, 6) is -0.226. The molecule has 0 saturated carbocycles. The Morgan fingerprint density at radius 1 is 1.09 bits per heavy atom. The van der Waals surface area contributed by atoms with Crippen LogP contribution < -0.4 is 5.32 Å². The Labute approximate surface area is 135 Å². The first-order chi connectivity index (χ1) is 11.1. The normalized spacial score (nSPS) is 10.5. The summed E-state index contributed by atoms with van der Waals surface area (Å²) in [6, 6.07) is 15.4. The van der Waals surface area contributed by atoms with Gasteiger partial charge in [0.25, 0.3) is 5.91 Å². The van der Waals surface area contributed by atoms with E-state index in [1.165, 1.54) is 5.56 Å². The summed E-state index contributed by atoms with van der Waals surface area (Å²) in [7, 11) is 0. The molecule has 5 nitrogen and oxygen atoms in total. The van der Waals surface area contributed by atoms with Gasteiger partial charge < -0.3 is 5.32 Å². The maximum absolute atomic E-state index is 12.3. The van der Waals surface area contributed by atoms with E-state index in [0.29, 0.717) is 12.2 Å². The topological polar surface area (TPSA) is 59.8 Å². The third-order valence-corrected chi connectivity index (χ3v) is 3.69. The third-order valence-electron chi connectivity index (χ3n) is 3.69. The Kier molecular flexibility index (Phi) is 4.19. The predicted molar refractivity (Wildman–Crippen MR) is 89.4 cm³/mol. The van der Waals surface area contributed by atoms with E-state index in [1.54, 1.807) is 24.4 Å². The zero-order valence-corrected chi connectivity index (χ0v) is 13.2. The fourth-order valence-corrected chi connectivity index (χ4v) is 2.46. The molecule has 5 heteroatoms. The minimum Gasteiger partial charge on any atom is -0.317 e. The first kappa shape index (κ1) is 15.0. The molecule has 0 bridgehead atoms. The minimum absolute atomic E-state index is 0.226. The van der Waals surface area contributed by atoms with Crippen LogP contribution in [0, 0.1) is 13.8 Å². The molecule has 0 aliphatic rings. The van der Waals surface area contributed by atoms with Gasteiger partial charge in [0.15, 0.2) is 0 Å². The van der Waals surface area contributed by atoms with E-state index < -0.39 is 0 Å². The lowest BCUT2D eigenvalue weighted by atomic mass is 10.2. The fraction of sp³-hybridized carbons (Fsp3) is 0.167. The number of benzene rings is 1. The summed E-state index contributed by atoms with van der Waals surface area (Å²) in [5.41, 5.74) is 4.03. The number of aryl methyl sites for hydroxylation is 1. The lowest BCUT2D eigenvalue weighted by Crippen LogP contribution is -2.14. The molecule has 0 aliphatic carbocycles. The van der Waals surface area contributed by atoms with Gasteiger partial charge in [-0.25, -0.2) is 0 Å². The molecule has 0 spiro atoms. The summed E-state index contributed by atoms with van der Waals surface area (Å²) in [6.07, 6.45) is 1.60. The van der Waals surface area contributed by atoms with Crippen molar-refractivity contribution in [3.05, 3.63) is 77.4 Å². The van der Waals surface area contributed by atoms with Crippen LogP contribution in [-0.2, 0) is 6.54 Å². The number of carbonyl (C=O) groups excluding carboxylic acids is 1. The summed E-state index contributed by atoms with van der Waals surface area (Å²) in [5, 5.41) is 7.45. The smallest absolute Gasteiger partial charge is 0.274 e. The Morgan fingerprint density at radius 3 is 2.52 bits per heavy atom. The number of amides is 1. The molecule has 2 heterocycles. The third kappa shape index (κ3) is 3.29. The molecule has 23 heavy (non-hydrogen) atoms. The van der Waals surface area contributed by atoms with E-state index in [1.807, 2.05) is 36.7 Å². The van der Waals surface area contributed by atoms with Crippen LogP contribution in [0.4, 0.5) is 5.69 Å². The monoisotopic (exact) mass is 306 g/mol. The van der Waals surface area contributed by atoms with Gasteiger partial charge in [0.1, 0.15) is 5.69 Å². The summed E-state index contributed by atoms with van der Waals surface area (Å²) in [6.45, 7) is 4.52. The van der Waals surface area contributed by atoms with Crippen LogP contribution in [0.5, 0.6) is 0 Å². The molecule has 0 radical (unpaired) electrons. The lowest BCUT2D eigenvalue weighted by Gasteiger charge is -2.07. The van der Waals surface area contributed by atoms with Gasteiger partial charge in [0.2, 0.25) is 0 Å². The molecule has 0 aliphatic heterocycles. The van der Waals surface area contributed by atoms with Crippen LogP contribution in [0.3, 0.4) is 0 Å². The number of aromatic nitrogens is 3. The van der Waals surface area contributed by atoms with Crippen LogP contribution in [0.15, 0.2) is 54.7 Å². The van der Waals surface area contributed by atoms with Crippen LogP contribution in [0.2, 0.25) is 0 Å². The number of carbonyl (C=O) groups is 1. The predicted octanol–water partition coefficient (Wildman–Crippen LogP) is 3.20. The maximum Gasteiger partial charge on any atom is 0.274 e. The van der Waals surface area contributed by atoms with Crippen molar-refractivity contribution in [1.29, 1.82) is 0 Å². The fourth-order valence-electron chi connectivity index (χ4n) is 2.46. The molecule has 0 saturated heterocycles. The van der Waals surface area contributed by atoms with Crippen LogP contribution in [0.25, 0.3) is 0 Å². The van der Waals surface area contributed by atoms with E-state index >= 15 is 0 Å². The maximum atomic E-state index is 12.3. The van der Waals surface area contributed by atoms with Crippen molar-refractivity contribution >= 4 is 11.6 Å². The molecular formula is C18H18N4O. The largest absolute Gasteiger partial charge is 0.317 e. The molecular weight excluding hydrogens is 288 g/mol. The molecule has 2 aromatic heterocycles. The van der Waals surface area contributed by atoms with E-state index in [4.69, 9.17) is 0 Å². The van der Waals surface area contributed by atoms with Crippen molar-refractivity contribution in [2.24, 2.45) is 0 Å². The molecule has 116 valence electrons. The second kappa shape index (κ2) is 6.44. The van der Waals surface area contributed by atoms with Gasteiger partial charge in [0, 0.05) is 6.20 Å². The number of rotatable bonds is 4. The van der Waals surface area contributed by atoms with Crippen LogP contribution in [0.1, 0.15) is 27.4 Å². The Morgan fingerprint density at radius 2 is 1.83 bits per heavy atom. The van der Waals surface area contributed by atoms with Crippen molar-refractivity contribution in [1.82, 2.24) is 14.8 Å². The van der Waals surface area contributed by atoms with Gasteiger partial charge in [-0.2, -0.15) is 5.10 Å². The van der Waals surface area contributed by atoms with Crippen molar-refractivity contribution in [3.63, 3.8) is 0 Å². The highest BCUT2D eigenvalue weighted by atomic mass is 16.1. The molecule has 3 aromatic rings. The Bertz CT molecular complexity index is 810. The van der Waals surface area contributed by atoms with Crippen molar-refractivity contribution in [2.45, 2.75) is 20.4 Å². The molecule has 0 unspecified atom stereocenters. The Balaban J connectivity index is 1.82. The quantitative estimate of drug-likeness (QED) is 0.805. The average Bonchev–Trinajstić information content (AvgIpc) is 2.84. The highest BCUT2D eigenvalue weighted by Gasteiger charge is 2.15. The summed E-state index contributed by atoms with van der Waals surface area (Å²) >= 11 is 0. The minimum atomic E-state index is -0.226. The molecule has 0 atom stereocenters. The van der Waals surface area contributed by atoms with Gasteiger partial charge >= 0.3 is 0 Å². The zero-order chi connectivity index (χ0) is 16.2. The second-order valence-electron chi connectivity index (χ2n) is 5.36. The average molecular weight is 306 g/mol.